The van der Waals surface area contributed by atoms with Crippen LogP contribution in [0.1, 0.15) is 46.4 Å². The molecule has 1 saturated carbocycles. The number of carboxylic acids is 1. The molecule has 0 saturated heterocycles. The van der Waals surface area contributed by atoms with E-state index in [1.54, 1.807) is 4.68 Å². The van der Waals surface area contributed by atoms with Crippen LogP contribution in [-0.2, 0) is 6.54 Å². The van der Waals surface area contributed by atoms with E-state index in [0.717, 1.165) is 18.5 Å². The van der Waals surface area contributed by atoms with Crippen LogP contribution in [0.2, 0.25) is 0 Å². The molecule has 2 aromatic rings. The van der Waals surface area contributed by atoms with Gasteiger partial charge in [0.2, 0.25) is 0 Å². The quantitative estimate of drug-likeness (QED) is 0.873. The summed E-state index contributed by atoms with van der Waals surface area (Å²) < 4.78 is 6.74. The maximum atomic E-state index is 11.1. The zero-order valence-corrected chi connectivity index (χ0v) is 9.83. The summed E-state index contributed by atoms with van der Waals surface area (Å²) in [7, 11) is 0. The van der Waals surface area contributed by atoms with Gasteiger partial charge in [0.15, 0.2) is 12.1 Å². The highest BCUT2D eigenvalue weighted by atomic mass is 16.4. The van der Waals surface area contributed by atoms with E-state index in [2.05, 4.69) is 15.3 Å². The van der Waals surface area contributed by atoms with Gasteiger partial charge in [-0.2, -0.15) is 0 Å². The van der Waals surface area contributed by atoms with E-state index < -0.39 is 5.97 Å². The highest BCUT2D eigenvalue weighted by Crippen LogP contribution is 2.41. The molecule has 1 fully saturated rings. The number of aryl methyl sites for hydroxylation is 1. The molecule has 94 valence electrons. The largest absolute Gasteiger partial charge is 0.476 e. The lowest BCUT2D eigenvalue weighted by molar-refractivity contribution is 0.0689. The topological polar surface area (TPSA) is 94.0 Å². The number of oxazole rings is 1. The number of carboxylic acid groups (broad SMARTS) is 1. The Balaban J connectivity index is 1.97. The maximum absolute atomic E-state index is 11.1. The first-order chi connectivity index (χ1) is 8.66. The minimum atomic E-state index is -1.03. The molecule has 0 bridgehead atoms. The number of hydrogen-bond acceptors (Lipinski definition) is 5. The molecule has 1 N–H and O–H groups in total. The van der Waals surface area contributed by atoms with Crippen LogP contribution < -0.4 is 0 Å². The van der Waals surface area contributed by atoms with E-state index in [1.807, 2.05) is 6.92 Å². The molecule has 2 heterocycles. The molecule has 0 radical (unpaired) electrons. The SMILES string of the molecule is Cc1ocnc1Cn1nnc(C(=O)O)c1C1CC1. The average molecular weight is 248 g/mol. The Bertz CT molecular complexity index is 597. The summed E-state index contributed by atoms with van der Waals surface area (Å²) in [5, 5.41) is 16.7. The molecule has 0 spiro atoms. The van der Waals surface area contributed by atoms with Crippen LogP contribution >= 0.6 is 0 Å². The standard InChI is InChI=1S/C11H12N4O3/c1-6-8(12-5-18-6)4-15-10(7-2-3-7)9(11(16)17)13-14-15/h5,7H,2-4H2,1H3,(H,16,17). The molecule has 0 amide bonds. The Morgan fingerprint density at radius 2 is 2.39 bits per heavy atom. The minimum Gasteiger partial charge on any atom is -0.476 e. The normalized spacial score (nSPS) is 14.9. The predicted octanol–water partition coefficient (Wildman–Crippen LogP) is 1.20. The molecule has 1 aliphatic carbocycles. The highest BCUT2D eigenvalue weighted by molar-refractivity contribution is 5.86. The molecule has 18 heavy (non-hydrogen) atoms. The van der Waals surface area contributed by atoms with Gasteiger partial charge in [0.1, 0.15) is 11.5 Å². The first kappa shape index (κ1) is 10.9. The lowest BCUT2D eigenvalue weighted by atomic mass is 10.2. The summed E-state index contributed by atoms with van der Waals surface area (Å²) >= 11 is 0. The number of rotatable bonds is 4. The fraction of sp³-hybridized carbons (Fsp3) is 0.455. The number of carbonyl (C=O) groups is 1. The highest BCUT2D eigenvalue weighted by Gasteiger charge is 2.33. The lowest BCUT2D eigenvalue weighted by Gasteiger charge is -2.04. The van der Waals surface area contributed by atoms with Crippen molar-refractivity contribution in [2.45, 2.75) is 32.2 Å². The van der Waals surface area contributed by atoms with Crippen molar-refractivity contribution in [3.05, 3.63) is 29.2 Å². The summed E-state index contributed by atoms with van der Waals surface area (Å²) in [6.07, 6.45) is 3.35. The molecule has 0 atom stereocenters. The number of aromatic carboxylic acids is 1. The fourth-order valence-electron chi connectivity index (χ4n) is 1.97. The van der Waals surface area contributed by atoms with Crippen molar-refractivity contribution in [1.29, 1.82) is 0 Å². The van der Waals surface area contributed by atoms with Crippen LogP contribution in [0.4, 0.5) is 0 Å². The van der Waals surface area contributed by atoms with E-state index in [-0.39, 0.29) is 11.6 Å². The van der Waals surface area contributed by atoms with Crippen LogP contribution in [0.25, 0.3) is 0 Å². The third kappa shape index (κ3) is 1.77. The second-order valence-electron chi connectivity index (χ2n) is 4.42. The predicted molar refractivity (Wildman–Crippen MR) is 59.3 cm³/mol. The van der Waals surface area contributed by atoms with Gasteiger partial charge >= 0.3 is 5.97 Å². The van der Waals surface area contributed by atoms with E-state index in [0.29, 0.717) is 18.0 Å². The van der Waals surface area contributed by atoms with Gasteiger partial charge in [-0.1, -0.05) is 5.21 Å². The Morgan fingerprint density at radius 1 is 1.61 bits per heavy atom. The van der Waals surface area contributed by atoms with Crippen molar-refractivity contribution in [2.75, 3.05) is 0 Å². The van der Waals surface area contributed by atoms with Crippen LogP contribution in [0, 0.1) is 6.92 Å². The Morgan fingerprint density at radius 3 is 2.94 bits per heavy atom. The van der Waals surface area contributed by atoms with Crippen molar-refractivity contribution >= 4 is 5.97 Å². The van der Waals surface area contributed by atoms with Gasteiger partial charge in [0, 0.05) is 5.92 Å². The Labute approximate surface area is 102 Å². The minimum absolute atomic E-state index is 0.0543. The first-order valence-electron chi connectivity index (χ1n) is 5.72. The van der Waals surface area contributed by atoms with Gasteiger partial charge in [0.25, 0.3) is 0 Å². The maximum Gasteiger partial charge on any atom is 0.358 e. The summed E-state index contributed by atoms with van der Waals surface area (Å²) in [6, 6.07) is 0. The summed E-state index contributed by atoms with van der Waals surface area (Å²) in [4.78, 5) is 15.2. The summed E-state index contributed by atoms with van der Waals surface area (Å²) in [5.74, 6) is -0.0533. The summed E-state index contributed by atoms with van der Waals surface area (Å²) in [6.45, 7) is 2.21. The zero-order chi connectivity index (χ0) is 12.7. The third-order valence-corrected chi connectivity index (χ3v) is 3.08. The Kier molecular flexibility index (Phi) is 2.39. The van der Waals surface area contributed by atoms with E-state index in [9.17, 15) is 4.79 Å². The molecule has 0 unspecified atom stereocenters. The van der Waals surface area contributed by atoms with Gasteiger partial charge in [-0.05, 0) is 19.8 Å². The molecule has 7 heteroatoms. The van der Waals surface area contributed by atoms with E-state index in [4.69, 9.17) is 9.52 Å². The van der Waals surface area contributed by atoms with Crippen molar-refractivity contribution < 1.29 is 14.3 Å². The van der Waals surface area contributed by atoms with Gasteiger partial charge in [0.05, 0.1) is 12.2 Å². The number of nitrogens with zero attached hydrogens (tertiary/aromatic N) is 4. The second kappa shape index (κ2) is 3.94. The van der Waals surface area contributed by atoms with Crippen LogP contribution in [0.5, 0.6) is 0 Å². The third-order valence-electron chi connectivity index (χ3n) is 3.08. The number of aromatic nitrogens is 4. The van der Waals surface area contributed by atoms with Crippen molar-refractivity contribution in [1.82, 2.24) is 20.0 Å². The molecule has 2 aromatic heterocycles. The van der Waals surface area contributed by atoms with Gasteiger partial charge in [-0.3, -0.25) is 0 Å². The molecular formula is C11H12N4O3. The Hall–Kier alpha value is -2.18. The van der Waals surface area contributed by atoms with Crippen molar-refractivity contribution in [3.8, 4) is 0 Å². The van der Waals surface area contributed by atoms with Crippen molar-refractivity contribution in [2.24, 2.45) is 0 Å². The molecule has 7 nitrogen and oxygen atoms in total. The van der Waals surface area contributed by atoms with Crippen LogP contribution in [0.3, 0.4) is 0 Å². The van der Waals surface area contributed by atoms with Gasteiger partial charge < -0.3 is 9.52 Å². The van der Waals surface area contributed by atoms with Crippen molar-refractivity contribution in [3.63, 3.8) is 0 Å². The molecule has 1 aliphatic rings. The first-order valence-corrected chi connectivity index (χ1v) is 5.72. The van der Waals surface area contributed by atoms with E-state index in [1.165, 1.54) is 6.39 Å². The smallest absolute Gasteiger partial charge is 0.358 e. The average Bonchev–Trinajstić information content (AvgIpc) is 2.96. The second-order valence-corrected chi connectivity index (χ2v) is 4.42. The molecule has 0 aliphatic heterocycles. The zero-order valence-electron chi connectivity index (χ0n) is 9.83. The van der Waals surface area contributed by atoms with Crippen LogP contribution in [-0.4, -0.2) is 31.1 Å². The monoisotopic (exact) mass is 248 g/mol. The van der Waals surface area contributed by atoms with E-state index >= 15 is 0 Å². The lowest BCUT2D eigenvalue weighted by Crippen LogP contribution is -2.09. The van der Waals surface area contributed by atoms with Gasteiger partial charge in [-0.15, -0.1) is 5.10 Å². The molecule has 0 aromatic carbocycles. The fourth-order valence-corrected chi connectivity index (χ4v) is 1.97. The summed E-state index contributed by atoms with van der Waals surface area (Å²) in [5.41, 5.74) is 1.50. The number of hydrogen-bond donors (Lipinski definition) is 1. The van der Waals surface area contributed by atoms with Crippen LogP contribution in [0.15, 0.2) is 10.8 Å². The van der Waals surface area contributed by atoms with Gasteiger partial charge in [-0.25, -0.2) is 14.5 Å². The molecular weight excluding hydrogens is 236 g/mol. The molecule has 3 rings (SSSR count).